The molecule has 108 valence electrons. The molecule has 2 rings (SSSR count). The van der Waals surface area contributed by atoms with Crippen LogP contribution in [0.3, 0.4) is 0 Å². The number of hydrogen-bond donors (Lipinski definition) is 1. The Morgan fingerprint density at radius 1 is 1.60 bits per heavy atom. The average molecular weight is 282 g/mol. The number of aromatic nitrogens is 2. The fourth-order valence-electron chi connectivity index (χ4n) is 2.39. The molecular formula is C11H14N4O5. The van der Waals surface area contributed by atoms with Gasteiger partial charge in [0.25, 0.3) is 5.88 Å². The van der Waals surface area contributed by atoms with Crippen molar-refractivity contribution >= 4 is 17.5 Å². The zero-order chi connectivity index (χ0) is 14.9. The van der Waals surface area contributed by atoms with Crippen LogP contribution in [0.4, 0.5) is 11.5 Å². The van der Waals surface area contributed by atoms with Crippen molar-refractivity contribution in [2.45, 2.75) is 25.3 Å². The van der Waals surface area contributed by atoms with Crippen LogP contribution >= 0.6 is 0 Å². The van der Waals surface area contributed by atoms with E-state index in [0.29, 0.717) is 19.4 Å². The minimum Gasteiger partial charge on any atom is -0.480 e. The zero-order valence-electron chi connectivity index (χ0n) is 11.1. The lowest BCUT2D eigenvalue weighted by molar-refractivity contribution is -0.385. The number of rotatable bonds is 4. The van der Waals surface area contributed by atoms with Crippen LogP contribution in [0.5, 0.6) is 5.88 Å². The van der Waals surface area contributed by atoms with Gasteiger partial charge in [-0.1, -0.05) is 0 Å². The highest BCUT2D eigenvalue weighted by atomic mass is 16.6. The van der Waals surface area contributed by atoms with Gasteiger partial charge in [-0.3, -0.25) is 10.1 Å². The summed E-state index contributed by atoms with van der Waals surface area (Å²) < 4.78 is 4.87. The van der Waals surface area contributed by atoms with Gasteiger partial charge in [-0.25, -0.2) is 9.78 Å². The van der Waals surface area contributed by atoms with E-state index in [2.05, 4.69) is 9.97 Å². The van der Waals surface area contributed by atoms with Crippen LogP contribution in [-0.4, -0.2) is 45.2 Å². The van der Waals surface area contributed by atoms with E-state index in [1.165, 1.54) is 18.9 Å². The molecule has 0 aromatic carbocycles. The van der Waals surface area contributed by atoms with Crippen molar-refractivity contribution in [1.82, 2.24) is 9.97 Å². The molecule has 0 bridgehead atoms. The lowest BCUT2D eigenvalue weighted by atomic mass is 9.99. The molecule has 2 heterocycles. The van der Waals surface area contributed by atoms with Gasteiger partial charge in [0, 0.05) is 6.54 Å². The largest absolute Gasteiger partial charge is 0.480 e. The Hall–Kier alpha value is -2.45. The number of anilines is 1. The van der Waals surface area contributed by atoms with E-state index in [0.717, 1.165) is 6.33 Å². The Morgan fingerprint density at radius 2 is 2.30 bits per heavy atom. The number of methoxy groups -OCH3 is 1. The third-order valence-corrected chi connectivity index (χ3v) is 3.50. The molecule has 0 aliphatic carbocycles. The van der Waals surface area contributed by atoms with Crippen LogP contribution in [0.2, 0.25) is 0 Å². The van der Waals surface area contributed by atoms with Gasteiger partial charge in [-0.2, -0.15) is 4.98 Å². The van der Waals surface area contributed by atoms with Gasteiger partial charge in [0.05, 0.1) is 12.0 Å². The SMILES string of the molecule is COc1ncnc(N2CCCC2(C)C(=O)O)c1[N+](=O)[O-]. The van der Waals surface area contributed by atoms with E-state index in [1.807, 2.05) is 0 Å². The second-order valence-electron chi connectivity index (χ2n) is 4.65. The van der Waals surface area contributed by atoms with Crippen molar-refractivity contribution in [1.29, 1.82) is 0 Å². The molecule has 20 heavy (non-hydrogen) atoms. The van der Waals surface area contributed by atoms with Gasteiger partial charge < -0.3 is 14.7 Å². The molecule has 0 amide bonds. The van der Waals surface area contributed by atoms with E-state index in [4.69, 9.17) is 4.74 Å². The summed E-state index contributed by atoms with van der Waals surface area (Å²) in [5.74, 6) is -1.24. The Balaban J connectivity index is 2.58. The maximum atomic E-state index is 11.5. The summed E-state index contributed by atoms with van der Waals surface area (Å²) in [6, 6.07) is 0. The Labute approximate surface area is 114 Å². The van der Waals surface area contributed by atoms with Crippen molar-refractivity contribution in [2.75, 3.05) is 18.6 Å². The van der Waals surface area contributed by atoms with Crippen LogP contribution in [0.15, 0.2) is 6.33 Å². The first kappa shape index (κ1) is 14.0. The molecule has 0 radical (unpaired) electrons. The molecule has 1 aliphatic heterocycles. The van der Waals surface area contributed by atoms with Crippen molar-refractivity contribution in [2.24, 2.45) is 0 Å². The molecule has 9 heteroatoms. The van der Waals surface area contributed by atoms with Gasteiger partial charge in [0.2, 0.25) is 5.82 Å². The van der Waals surface area contributed by atoms with Gasteiger partial charge in [0.1, 0.15) is 11.9 Å². The van der Waals surface area contributed by atoms with Crippen molar-refractivity contribution in [3.05, 3.63) is 16.4 Å². The molecule has 9 nitrogen and oxygen atoms in total. The number of ether oxygens (including phenoxy) is 1. The monoisotopic (exact) mass is 282 g/mol. The molecule has 1 aromatic heterocycles. The summed E-state index contributed by atoms with van der Waals surface area (Å²) >= 11 is 0. The zero-order valence-corrected chi connectivity index (χ0v) is 11.1. The summed E-state index contributed by atoms with van der Waals surface area (Å²) in [6.45, 7) is 1.91. The molecule has 1 unspecified atom stereocenters. The van der Waals surface area contributed by atoms with E-state index in [1.54, 1.807) is 0 Å². The van der Waals surface area contributed by atoms with E-state index in [9.17, 15) is 20.0 Å². The van der Waals surface area contributed by atoms with Gasteiger partial charge in [0.15, 0.2) is 0 Å². The predicted octanol–water partition coefficient (Wildman–Crippen LogP) is 0.837. The van der Waals surface area contributed by atoms with E-state index in [-0.39, 0.29) is 11.7 Å². The van der Waals surface area contributed by atoms with Crippen LogP contribution in [0.1, 0.15) is 19.8 Å². The van der Waals surface area contributed by atoms with Crippen LogP contribution in [0.25, 0.3) is 0 Å². The number of carboxylic acid groups (broad SMARTS) is 1. The fraction of sp³-hybridized carbons (Fsp3) is 0.545. The first-order chi connectivity index (χ1) is 9.41. The van der Waals surface area contributed by atoms with Gasteiger partial charge in [-0.15, -0.1) is 0 Å². The number of carboxylic acids is 1. The Kier molecular flexibility index (Phi) is 3.43. The van der Waals surface area contributed by atoms with Crippen LogP contribution in [-0.2, 0) is 4.79 Å². The maximum Gasteiger partial charge on any atom is 0.372 e. The molecule has 1 aliphatic rings. The highest BCUT2D eigenvalue weighted by Crippen LogP contribution is 2.40. The number of nitro groups is 1. The summed E-state index contributed by atoms with van der Waals surface area (Å²) in [7, 11) is 1.26. The molecule has 1 atom stereocenters. The Bertz CT molecular complexity index is 564. The average Bonchev–Trinajstić information content (AvgIpc) is 2.81. The molecule has 0 spiro atoms. The summed E-state index contributed by atoms with van der Waals surface area (Å²) in [5, 5.41) is 20.6. The first-order valence-corrected chi connectivity index (χ1v) is 5.96. The van der Waals surface area contributed by atoms with Crippen molar-refractivity contribution < 1.29 is 19.6 Å². The Morgan fingerprint density at radius 3 is 2.85 bits per heavy atom. The highest BCUT2D eigenvalue weighted by molar-refractivity contribution is 5.85. The topological polar surface area (TPSA) is 119 Å². The van der Waals surface area contributed by atoms with E-state index >= 15 is 0 Å². The quantitative estimate of drug-likeness (QED) is 0.637. The third kappa shape index (κ3) is 2.00. The van der Waals surface area contributed by atoms with Crippen molar-refractivity contribution in [3.8, 4) is 5.88 Å². The van der Waals surface area contributed by atoms with E-state index < -0.39 is 22.1 Å². The molecule has 1 N–H and O–H groups in total. The molecular weight excluding hydrogens is 268 g/mol. The predicted molar refractivity (Wildman–Crippen MR) is 67.9 cm³/mol. The van der Waals surface area contributed by atoms with Gasteiger partial charge >= 0.3 is 11.7 Å². The summed E-state index contributed by atoms with van der Waals surface area (Å²) in [4.78, 5) is 31.0. The maximum absolute atomic E-state index is 11.5. The lowest BCUT2D eigenvalue weighted by Gasteiger charge is -2.31. The third-order valence-electron chi connectivity index (χ3n) is 3.50. The lowest BCUT2D eigenvalue weighted by Crippen LogP contribution is -2.48. The van der Waals surface area contributed by atoms with Gasteiger partial charge in [-0.05, 0) is 19.8 Å². The fourth-order valence-corrected chi connectivity index (χ4v) is 2.39. The summed E-state index contributed by atoms with van der Waals surface area (Å²) in [6.07, 6.45) is 2.14. The smallest absolute Gasteiger partial charge is 0.372 e. The molecule has 1 fully saturated rings. The van der Waals surface area contributed by atoms with Crippen molar-refractivity contribution in [3.63, 3.8) is 0 Å². The minimum absolute atomic E-state index is 0.0238. The van der Waals surface area contributed by atoms with Crippen LogP contribution in [0, 0.1) is 10.1 Å². The number of hydrogen-bond acceptors (Lipinski definition) is 7. The van der Waals surface area contributed by atoms with Crippen LogP contribution < -0.4 is 9.64 Å². The minimum atomic E-state index is -1.22. The summed E-state index contributed by atoms with van der Waals surface area (Å²) in [5.41, 5.74) is -1.63. The second kappa shape index (κ2) is 4.91. The first-order valence-electron chi connectivity index (χ1n) is 5.96. The number of aliphatic carboxylic acids is 1. The molecule has 0 saturated carbocycles. The highest BCUT2D eigenvalue weighted by Gasteiger charge is 2.47. The molecule has 1 saturated heterocycles. The number of nitrogens with zero attached hydrogens (tertiary/aromatic N) is 4. The normalized spacial score (nSPS) is 21.8. The standard InChI is InChI=1S/C11H14N4O5/c1-11(10(16)17)4-3-5-14(11)8-7(15(18)19)9(20-2)13-6-12-8/h6H,3-5H2,1-2H3,(H,16,17). The number of carbonyl (C=O) groups is 1. The molecule has 1 aromatic rings. The second-order valence-corrected chi connectivity index (χ2v) is 4.65.